The normalized spacial score (nSPS) is 20.4. The van der Waals surface area contributed by atoms with Crippen molar-refractivity contribution in [3.8, 4) is 5.75 Å². The number of sulfonamides is 1. The Bertz CT molecular complexity index is 667. The van der Waals surface area contributed by atoms with E-state index in [1.165, 1.54) is 12.1 Å². The maximum atomic E-state index is 12.1. The van der Waals surface area contributed by atoms with Gasteiger partial charge in [-0.05, 0) is 37.6 Å². The molecule has 7 nitrogen and oxygen atoms in total. The van der Waals surface area contributed by atoms with E-state index in [1.807, 2.05) is 6.92 Å². The monoisotopic (exact) mass is 315 g/mol. The fourth-order valence-electron chi connectivity index (χ4n) is 1.96. The molecular weight excluding hydrogens is 298 g/mol. The lowest BCUT2D eigenvalue weighted by Gasteiger charge is -2.18. The summed E-state index contributed by atoms with van der Waals surface area (Å²) in [7, 11) is -3.89. The second kappa shape index (κ2) is 5.28. The Morgan fingerprint density at radius 2 is 2.19 bits per heavy atom. The molecule has 0 aromatic heterocycles. The lowest BCUT2D eigenvalue weighted by molar-refractivity contribution is -0.155. The number of carboxylic acids is 1. The molecule has 0 aliphatic carbocycles. The molecular formula is C13H17NO6S. The lowest BCUT2D eigenvalue weighted by Crippen LogP contribution is -2.46. The predicted octanol–water partition coefficient (Wildman–Crippen LogP) is 0.124. The van der Waals surface area contributed by atoms with Crippen LogP contribution in [0.1, 0.15) is 19.4 Å². The fourth-order valence-corrected chi connectivity index (χ4v) is 3.14. The van der Waals surface area contributed by atoms with Gasteiger partial charge in [0.25, 0.3) is 0 Å². The Labute approximate surface area is 122 Å². The molecule has 1 heterocycles. The summed E-state index contributed by atoms with van der Waals surface area (Å²) in [6.45, 7) is 2.29. The first-order chi connectivity index (χ1) is 9.62. The largest absolute Gasteiger partial charge is 0.490 e. The summed E-state index contributed by atoms with van der Waals surface area (Å²) in [6, 6.07) is 4.45. The molecule has 1 aromatic rings. The predicted molar refractivity (Wildman–Crippen MR) is 73.7 cm³/mol. The molecule has 3 N–H and O–H groups in total. The highest BCUT2D eigenvalue weighted by molar-refractivity contribution is 7.89. The standard InChI is InChI=1S/C13H17NO6S/c1-8-5-9-6-10(3-4-11(9)20-8)21(18,19)14-7-13(2,17)12(15)16/h3-4,6,8,14,17H,5,7H2,1-2H3,(H,15,16). The summed E-state index contributed by atoms with van der Waals surface area (Å²) in [6.07, 6.45) is 0.615. The Balaban J connectivity index is 2.18. The van der Waals surface area contributed by atoms with E-state index >= 15 is 0 Å². The molecule has 0 saturated carbocycles. The number of benzene rings is 1. The number of rotatable bonds is 5. The second-order valence-corrected chi connectivity index (χ2v) is 7.07. The van der Waals surface area contributed by atoms with Gasteiger partial charge >= 0.3 is 5.97 Å². The summed E-state index contributed by atoms with van der Waals surface area (Å²) in [5.41, 5.74) is -1.38. The molecule has 1 aliphatic heterocycles. The summed E-state index contributed by atoms with van der Waals surface area (Å²) in [5, 5.41) is 18.3. The molecule has 2 unspecified atom stereocenters. The van der Waals surface area contributed by atoms with Crippen molar-refractivity contribution in [2.45, 2.75) is 36.9 Å². The molecule has 2 atom stereocenters. The van der Waals surface area contributed by atoms with Crippen molar-refractivity contribution in [3.05, 3.63) is 23.8 Å². The number of ether oxygens (including phenoxy) is 1. The first-order valence-corrected chi connectivity index (χ1v) is 7.85. The van der Waals surface area contributed by atoms with Gasteiger partial charge in [0.15, 0.2) is 5.60 Å². The molecule has 1 aromatic carbocycles. The van der Waals surface area contributed by atoms with Crippen molar-refractivity contribution < 1.29 is 28.2 Å². The number of hydrogen-bond acceptors (Lipinski definition) is 5. The topological polar surface area (TPSA) is 113 Å². The zero-order valence-corrected chi connectivity index (χ0v) is 12.5. The molecule has 2 rings (SSSR count). The van der Waals surface area contributed by atoms with Crippen LogP contribution >= 0.6 is 0 Å². The molecule has 8 heteroatoms. The van der Waals surface area contributed by atoms with Gasteiger partial charge in [-0.3, -0.25) is 0 Å². The van der Waals surface area contributed by atoms with Gasteiger partial charge in [-0.2, -0.15) is 0 Å². The smallest absolute Gasteiger partial charge is 0.336 e. The van der Waals surface area contributed by atoms with E-state index in [-0.39, 0.29) is 11.0 Å². The van der Waals surface area contributed by atoms with Crippen molar-refractivity contribution in [1.82, 2.24) is 4.72 Å². The molecule has 116 valence electrons. The second-order valence-electron chi connectivity index (χ2n) is 5.31. The van der Waals surface area contributed by atoms with E-state index < -0.39 is 28.1 Å². The number of nitrogens with one attached hydrogen (secondary N) is 1. The Morgan fingerprint density at radius 1 is 1.52 bits per heavy atom. The van der Waals surface area contributed by atoms with Gasteiger partial charge in [0.1, 0.15) is 11.9 Å². The molecule has 21 heavy (non-hydrogen) atoms. The van der Waals surface area contributed by atoms with Gasteiger partial charge in [-0.1, -0.05) is 0 Å². The number of aliphatic carboxylic acids is 1. The van der Waals surface area contributed by atoms with Gasteiger partial charge in [0.2, 0.25) is 10.0 Å². The average Bonchev–Trinajstić information content (AvgIpc) is 2.75. The summed E-state index contributed by atoms with van der Waals surface area (Å²) in [4.78, 5) is 10.8. The highest BCUT2D eigenvalue weighted by atomic mass is 32.2. The van der Waals surface area contributed by atoms with Gasteiger partial charge < -0.3 is 14.9 Å². The Kier molecular flexibility index (Phi) is 3.96. The minimum absolute atomic E-state index is 0.00124. The van der Waals surface area contributed by atoms with Crippen molar-refractivity contribution in [2.24, 2.45) is 0 Å². The zero-order chi connectivity index (χ0) is 15.8. The van der Waals surface area contributed by atoms with E-state index in [1.54, 1.807) is 6.07 Å². The third-order valence-electron chi connectivity index (χ3n) is 3.24. The molecule has 0 saturated heterocycles. The van der Waals surface area contributed by atoms with E-state index in [0.29, 0.717) is 12.2 Å². The first kappa shape index (κ1) is 15.7. The number of hydrogen-bond donors (Lipinski definition) is 3. The third-order valence-corrected chi connectivity index (χ3v) is 4.64. The van der Waals surface area contributed by atoms with Gasteiger partial charge in [-0.15, -0.1) is 0 Å². The quantitative estimate of drug-likeness (QED) is 0.711. The van der Waals surface area contributed by atoms with Crippen molar-refractivity contribution in [1.29, 1.82) is 0 Å². The van der Waals surface area contributed by atoms with Crippen LogP contribution in [0.3, 0.4) is 0 Å². The summed E-state index contributed by atoms with van der Waals surface area (Å²) < 4.78 is 31.8. The lowest BCUT2D eigenvalue weighted by atomic mass is 10.1. The highest BCUT2D eigenvalue weighted by Crippen LogP contribution is 2.30. The fraction of sp³-hybridized carbons (Fsp3) is 0.462. The molecule has 0 fully saturated rings. The van der Waals surface area contributed by atoms with Crippen LogP contribution in [0.25, 0.3) is 0 Å². The van der Waals surface area contributed by atoms with Crippen LogP contribution in [0.5, 0.6) is 5.75 Å². The van der Waals surface area contributed by atoms with Crippen molar-refractivity contribution in [2.75, 3.05) is 6.54 Å². The number of aliphatic hydroxyl groups is 1. The summed E-state index contributed by atoms with van der Waals surface area (Å²) in [5.74, 6) is -0.847. The third kappa shape index (κ3) is 3.34. The Morgan fingerprint density at radius 3 is 2.81 bits per heavy atom. The van der Waals surface area contributed by atoms with Crippen LogP contribution < -0.4 is 9.46 Å². The SMILES string of the molecule is CC1Cc2cc(S(=O)(=O)NCC(C)(O)C(=O)O)ccc2O1. The first-order valence-electron chi connectivity index (χ1n) is 6.37. The van der Waals surface area contributed by atoms with E-state index in [9.17, 15) is 18.3 Å². The van der Waals surface area contributed by atoms with Crippen LogP contribution in [0.2, 0.25) is 0 Å². The van der Waals surface area contributed by atoms with E-state index in [4.69, 9.17) is 9.84 Å². The molecule has 0 radical (unpaired) electrons. The average molecular weight is 315 g/mol. The van der Waals surface area contributed by atoms with E-state index in [2.05, 4.69) is 4.72 Å². The van der Waals surface area contributed by atoms with E-state index in [0.717, 1.165) is 12.5 Å². The van der Waals surface area contributed by atoms with Gasteiger partial charge in [-0.25, -0.2) is 17.9 Å². The molecule has 0 bridgehead atoms. The van der Waals surface area contributed by atoms with Crippen LogP contribution in [0.15, 0.2) is 23.1 Å². The summed E-state index contributed by atoms with van der Waals surface area (Å²) >= 11 is 0. The molecule has 1 aliphatic rings. The van der Waals surface area contributed by atoms with Crippen LogP contribution in [0.4, 0.5) is 0 Å². The van der Waals surface area contributed by atoms with Crippen molar-refractivity contribution in [3.63, 3.8) is 0 Å². The maximum Gasteiger partial charge on any atom is 0.336 e. The van der Waals surface area contributed by atoms with Crippen molar-refractivity contribution >= 4 is 16.0 Å². The van der Waals surface area contributed by atoms with Gasteiger partial charge in [0, 0.05) is 6.42 Å². The molecule has 0 amide bonds. The number of carbonyl (C=O) groups is 1. The van der Waals surface area contributed by atoms with Crippen LogP contribution in [0, 0.1) is 0 Å². The zero-order valence-electron chi connectivity index (χ0n) is 11.7. The molecule has 0 spiro atoms. The Hall–Kier alpha value is -1.64. The number of carboxylic acid groups (broad SMARTS) is 1. The maximum absolute atomic E-state index is 12.1. The highest BCUT2D eigenvalue weighted by Gasteiger charge is 2.32. The van der Waals surface area contributed by atoms with Gasteiger partial charge in [0.05, 0.1) is 11.4 Å². The number of fused-ring (bicyclic) bond motifs is 1. The van der Waals surface area contributed by atoms with Crippen LogP contribution in [-0.4, -0.2) is 42.8 Å². The minimum Gasteiger partial charge on any atom is -0.490 e. The van der Waals surface area contributed by atoms with Crippen LogP contribution in [-0.2, 0) is 21.2 Å². The minimum atomic E-state index is -3.89.